The van der Waals surface area contributed by atoms with Crippen LogP contribution in [0.15, 0.2) is 12.1 Å². The zero-order valence-corrected chi connectivity index (χ0v) is 13.4. The van der Waals surface area contributed by atoms with Gasteiger partial charge in [-0.1, -0.05) is 0 Å². The van der Waals surface area contributed by atoms with Crippen LogP contribution in [0.1, 0.15) is 24.2 Å². The van der Waals surface area contributed by atoms with E-state index in [9.17, 15) is 25.0 Å². The maximum Gasteiger partial charge on any atom is 0.338 e. The molecule has 1 saturated heterocycles. The number of methoxy groups -OCH3 is 1. The van der Waals surface area contributed by atoms with Crippen molar-refractivity contribution >= 4 is 23.0 Å². The molecule has 1 heterocycles. The molecule has 1 fully saturated rings. The molecule has 0 saturated carbocycles. The van der Waals surface area contributed by atoms with Gasteiger partial charge in [0.05, 0.1) is 34.7 Å². The molecule has 24 heavy (non-hydrogen) atoms. The van der Waals surface area contributed by atoms with Crippen molar-refractivity contribution in [1.29, 1.82) is 0 Å². The average molecular weight is 339 g/mol. The third kappa shape index (κ3) is 3.43. The highest BCUT2D eigenvalue weighted by Gasteiger charge is 2.35. The number of anilines is 1. The van der Waals surface area contributed by atoms with E-state index in [4.69, 9.17) is 4.74 Å². The summed E-state index contributed by atoms with van der Waals surface area (Å²) >= 11 is 0. The first-order valence-corrected chi connectivity index (χ1v) is 7.20. The third-order valence-electron chi connectivity index (χ3n) is 3.62. The summed E-state index contributed by atoms with van der Waals surface area (Å²) in [7, 11) is 1.10. The van der Waals surface area contributed by atoms with Crippen LogP contribution >= 0.6 is 0 Å². The van der Waals surface area contributed by atoms with Gasteiger partial charge in [-0.15, -0.1) is 0 Å². The fourth-order valence-electron chi connectivity index (χ4n) is 2.80. The number of carbonyl (C=O) groups is 1. The quantitative estimate of drug-likeness (QED) is 0.462. The molecule has 2 atom stereocenters. The van der Waals surface area contributed by atoms with Gasteiger partial charge in [-0.3, -0.25) is 20.2 Å². The summed E-state index contributed by atoms with van der Waals surface area (Å²) in [5.41, 5.74) is -1.38. The van der Waals surface area contributed by atoms with Gasteiger partial charge in [-0.05, 0) is 13.8 Å². The molecular formula is C14H17N3O7. The summed E-state index contributed by atoms with van der Waals surface area (Å²) in [5.74, 6) is -0.878. The number of benzene rings is 1. The van der Waals surface area contributed by atoms with E-state index in [1.807, 2.05) is 0 Å². The number of nitro benzene ring substituents is 2. The molecule has 0 aliphatic carbocycles. The zero-order chi connectivity index (χ0) is 18.0. The summed E-state index contributed by atoms with van der Waals surface area (Å²) in [6, 6.07) is 2.00. The Morgan fingerprint density at radius 1 is 1.17 bits per heavy atom. The second-order valence-electron chi connectivity index (χ2n) is 5.53. The standard InChI is InChI=1S/C14H17N3O7/c1-8-6-15(7-9(2)24-8)13-11(16(19)20)4-10(14(18)23-3)5-12(13)17(21)22/h4-5,8-9H,6-7H2,1-3H3. The Hall–Kier alpha value is -2.75. The molecule has 2 unspecified atom stereocenters. The van der Waals surface area contributed by atoms with Crippen LogP contribution in [0.4, 0.5) is 17.1 Å². The van der Waals surface area contributed by atoms with Crippen molar-refractivity contribution in [2.75, 3.05) is 25.1 Å². The van der Waals surface area contributed by atoms with Gasteiger partial charge in [0.1, 0.15) is 0 Å². The molecule has 0 bridgehead atoms. The Kier molecular flexibility index (Phi) is 4.98. The van der Waals surface area contributed by atoms with Crippen LogP contribution in [0.3, 0.4) is 0 Å². The second kappa shape index (κ2) is 6.79. The monoisotopic (exact) mass is 339 g/mol. The van der Waals surface area contributed by atoms with Gasteiger partial charge in [0.15, 0.2) is 5.69 Å². The van der Waals surface area contributed by atoms with Crippen LogP contribution in [0, 0.1) is 20.2 Å². The molecule has 0 spiro atoms. The number of esters is 1. The lowest BCUT2D eigenvalue weighted by Crippen LogP contribution is -2.46. The largest absolute Gasteiger partial charge is 0.465 e. The minimum absolute atomic E-state index is 0.125. The van der Waals surface area contributed by atoms with Crippen LogP contribution in [0.2, 0.25) is 0 Å². The van der Waals surface area contributed by atoms with E-state index in [-0.39, 0.29) is 36.5 Å². The summed E-state index contributed by atoms with van der Waals surface area (Å²) in [6.45, 7) is 4.10. The third-order valence-corrected chi connectivity index (χ3v) is 3.62. The van der Waals surface area contributed by atoms with E-state index in [1.54, 1.807) is 18.7 Å². The van der Waals surface area contributed by atoms with Crippen molar-refractivity contribution in [2.45, 2.75) is 26.1 Å². The number of carbonyl (C=O) groups excluding carboxylic acids is 1. The molecule has 0 radical (unpaired) electrons. The smallest absolute Gasteiger partial charge is 0.338 e. The van der Waals surface area contributed by atoms with E-state index in [0.717, 1.165) is 19.2 Å². The van der Waals surface area contributed by atoms with Crippen LogP contribution in [-0.4, -0.2) is 48.2 Å². The highest BCUT2D eigenvalue weighted by Crippen LogP contribution is 2.40. The van der Waals surface area contributed by atoms with Crippen molar-refractivity contribution in [2.24, 2.45) is 0 Å². The lowest BCUT2D eigenvalue weighted by molar-refractivity contribution is -0.392. The average Bonchev–Trinajstić information content (AvgIpc) is 2.51. The number of hydrogen-bond donors (Lipinski definition) is 0. The van der Waals surface area contributed by atoms with Gasteiger partial charge >= 0.3 is 17.3 Å². The Morgan fingerprint density at radius 2 is 1.62 bits per heavy atom. The van der Waals surface area contributed by atoms with Crippen LogP contribution < -0.4 is 4.90 Å². The Labute approximate surface area is 137 Å². The molecule has 2 rings (SSSR count). The molecule has 0 aromatic heterocycles. The summed E-state index contributed by atoms with van der Waals surface area (Å²) in [4.78, 5) is 34.6. The van der Waals surface area contributed by atoms with Crippen LogP contribution in [0.25, 0.3) is 0 Å². The molecule has 0 amide bonds. The van der Waals surface area contributed by atoms with Gasteiger partial charge < -0.3 is 14.4 Å². The Balaban J connectivity index is 2.65. The van der Waals surface area contributed by atoms with Crippen molar-refractivity contribution in [1.82, 2.24) is 0 Å². The first-order valence-electron chi connectivity index (χ1n) is 7.20. The van der Waals surface area contributed by atoms with Crippen molar-refractivity contribution in [3.8, 4) is 0 Å². The fraction of sp³-hybridized carbons (Fsp3) is 0.500. The minimum Gasteiger partial charge on any atom is -0.465 e. The van der Waals surface area contributed by atoms with Gasteiger partial charge in [0.2, 0.25) is 0 Å². The van der Waals surface area contributed by atoms with E-state index < -0.39 is 27.2 Å². The molecule has 130 valence electrons. The molecule has 1 aromatic rings. The maximum absolute atomic E-state index is 11.7. The van der Waals surface area contributed by atoms with E-state index in [1.165, 1.54) is 0 Å². The van der Waals surface area contributed by atoms with Crippen LogP contribution in [-0.2, 0) is 9.47 Å². The predicted octanol–water partition coefficient (Wildman–Crippen LogP) is 1.90. The Morgan fingerprint density at radius 3 is 2.00 bits per heavy atom. The molecule has 10 nitrogen and oxygen atoms in total. The number of nitro groups is 2. The molecular weight excluding hydrogens is 322 g/mol. The summed E-state index contributed by atoms with van der Waals surface area (Å²) in [6.07, 6.45) is -0.485. The second-order valence-corrected chi connectivity index (χ2v) is 5.53. The maximum atomic E-state index is 11.7. The molecule has 0 N–H and O–H groups in total. The molecule has 1 aromatic carbocycles. The van der Waals surface area contributed by atoms with Crippen LogP contribution in [0.5, 0.6) is 0 Å². The van der Waals surface area contributed by atoms with Crippen molar-refractivity contribution < 1.29 is 24.1 Å². The lowest BCUT2D eigenvalue weighted by Gasteiger charge is -2.36. The van der Waals surface area contributed by atoms with Gasteiger partial charge in [0.25, 0.3) is 0 Å². The number of ether oxygens (including phenoxy) is 2. The summed E-state index contributed by atoms with van der Waals surface area (Å²) in [5, 5.41) is 22.9. The number of morpholine rings is 1. The number of hydrogen-bond acceptors (Lipinski definition) is 8. The molecule has 10 heteroatoms. The van der Waals surface area contributed by atoms with Gasteiger partial charge in [-0.25, -0.2) is 4.79 Å². The topological polar surface area (TPSA) is 125 Å². The van der Waals surface area contributed by atoms with E-state index >= 15 is 0 Å². The first-order chi connectivity index (χ1) is 11.2. The fourth-order valence-corrected chi connectivity index (χ4v) is 2.80. The molecule has 1 aliphatic rings. The molecule has 1 aliphatic heterocycles. The number of rotatable bonds is 4. The van der Waals surface area contributed by atoms with E-state index in [2.05, 4.69) is 4.74 Å². The lowest BCUT2D eigenvalue weighted by atomic mass is 10.1. The van der Waals surface area contributed by atoms with Gasteiger partial charge in [-0.2, -0.15) is 0 Å². The number of nitrogens with zero attached hydrogens (tertiary/aromatic N) is 3. The van der Waals surface area contributed by atoms with E-state index in [0.29, 0.717) is 0 Å². The van der Waals surface area contributed by atoms with Crippen molar-refractivity contribution in [3.63, 3.8) is 0 Å². The highest BCUT2D eigenvalue weighted by atomic mass is 16.6. The van der Waals surface area contributed by atoms with Gasteiger partial charge in [0, 0.05) is 25.2 Å². The SMILES string of the molecule is COC(=O)c1cc([N+](=O)[O-])c(N2CC(C)OC(C)C2)c([N+](=O)[O-])c1. The Bertz CT molecular complexity index is 646. The van der Waals surface area contributed by atoms with Crippen molar-refractivity contribution in [3.05, 3.63) is 37.9 Å². The minimum atomic E-state index is -0.878. The first kappa shape index (κ1) is 17.6. The summed E-state index contributed by atoms with van der Waals surface area (Å²) < 4.78 is 10.1. The predicted molar refractivity (Wildman–Crippen MR) is 83.3 cm³/mol. The highest BCUT2D eigenvalue weighted by molar-refractivity contribution is 5.94. The zero-order valence-electron chi connectivity index (χ0n) is 13.4. The normalized spacial score (nSPS) is 20.5.